The molecular weight excluding hydrogens is 200 g/mol. The lowest BCUT2D eigenvalue weighted by atomic mass is 10.2. The zero-order chi connectivity index (χ0) is 11.1. The highest BCUT2D eigenvalue weighted by atomic mass is 16.3. The first-order valence-corrected chi connectivity index (χ1v) is 4.78. The number of nitrogens with zero attached hydrogens (tertiary/aromatic N) is 1. The van der Waals surface area contributed by atoms with Crippen LogP contribution in [-0.2, 0) is 0 Å². The van der Waals surface area contributed by atoms with Gasteiger partial charge < -0.3 is 10.4 Å². The first-order chi connectivity index (χ1) is 7.24. The lowest BCUT2D eigenvalue weighted by Crippen LogP contribution is -2.27. The molecule has 0 aliphatic carbocycles. The first kappa shape index (κ1) is 11.4. The van der Waals surface area contributed by atoms with Crippen molar-refractivity contribution in [3.05, 3.63) is 20.8 Å². The van der Waals surface area contributed by atoms with Gasteiger partial charge in [-0.25, -0.2) is 9.89 Å². The Kier molecular flexibility index (Phi) is 4.55. The van der Waals surface area contributed by atoms with Gasteiger partial charge in [0, 0.05) is 13.2 Å². The maximum absolute atomic E-state index is 11.1. The van der Waals surface area contributed by atoms with Gasteiger partial charge in [-0.1, -0.05) is 0 Å². The van der Waals surface area contributed by atoms with Crippen molar-refractivity contribution < 1.29 is 5.11 Å². The molecule has 0 amide bonds. The third-order valence-corrected chi connectivity index (χ3v) is 1.84. The minimum absolute atomic E-state index is 0.110. The van der Waals surface area contributed by atoms with Crippen LogP contribution in [0.2, 0.25) is 0 Å². The van der Waals surface area contributed by atoms with Gasteiger partial charge in [-0.05, 0) is 19.3 Å². The standard InChI is InChI=1S/C8H14N4O3/c13-5-3-1-2-4-9-6-7(14)10-8(15)12-11-6/h13H,1-5H2,(H,9,11)(H2,10,12,14,15). The second-order valence-electron chi connectivity index (χ2n) is 3.07. The number of nitrogens with one attached hydrogen (secondary N) is 3. The number of hydrogen-bond donors (Lipinski definition) is 4. The van der Waals surface area contributed by atoms with Crippen LogP contribution in [-0.4, -0.2) is 33.4 Å². The summed E-state index contributed by atoms with van der Waals surface area (Å²) in [6.45, 7) is 0.764. The number of rotatable bonds is 6. The second-order valence-corrected chi connectivity index (χ2v) is 3.07. The van der Waals surface area contributed by atoms with E-state index in [9.17, 15) is 9.59 Å². The average molecular weight is 214 g/mol. The predicted octanol–water partition coefficient (Wildman–Crippen LogP) is -0.967. The van der Waals surface area contributed by atoms with E-state index in [2.05, 4.69) is 20.5 Å². The Morgan fingerprint density at radius 2 is 2.07 bits per heavy atom. The Balaban J connectivity index is 2.38. The van der Waals surface area contributed by atoms with Crippen LogP contribution < -0.4 is 16.6 Å². The Morgan fingerprint density at radius 3 is 2.73 bits per heavy atom. The molecule has 1 heterocycles. The van der Waals surface area contributed by atoms with Crippen LogP contribution in [0.15, 0.2) is 9.59 Å². The fraction of sp³-hybridized carbons (Fsp3) is 0.625. The molecule has 4 N–H and O–H groups in total. The minimum atomic E-state index is -0.620. The van der Waals surface area contributed by atoms with Crippen molar-refractivity contribution in [3.63, 3.8) is 0 Å². The molecule has 1 aromatic rings. The number of anilines is 1. The lowest BCUT2D eigenvalue weighted by Gasteiger charge is -2.02. The SMILES string of the molecule is O=c1[nH]nc(NCCCCCO)c(=O)[nH]1. The van der Waals surface area contributed by atoms with Crippen molar-refractivity contribution in [3.8, 4) is 0 Å². The van der Waals surface area contributed by atoms with Gasteiger partial charge in [-0.2, -0.15) is 0 Å². The van der Waals surface area contributed by atoms with E-state index in [-0.39, 0.29) is 12.4 Å². The van der Waals surface area contributed by atoms with Crippen molar-refractivity contribution in [2.75, 3.05) is 18.5 Å². The Hall–Kier alpha value is -1.63. The van der Waals surface area contributed by atoms with Gasteiger partial charge in [-0.3, -0.25) is 9.78 Å². The molecule has 7 nitrogen and oxygen atoms in total. The molecule has 0 spiro atoms. The number of hydrogen-bond acceptors (Lipinski definition) is 5. The summed E-state index contributed by atoms with van der Waals surface area (Å²) in [4.78, 5) is 23.8. The molecule has 0 bridgehead atoms. The van der Waals surface area contributed by atoms with Gasteiger partial charge in [0.2, 0.25) is 5.82 Å². The van der Waals surface area contributed by atoms with Crippen LogP contribution in [0.4, 0.5) is 5.82 Å². The van der Waals surface area contributed by atoms with Crippen molar-refractivity contribution in [2.24, 2.45) is 0 Å². The molecule has 0 aliphatic rings. The van der Waals surface area contributed by atoms with E-state index in [1.54, 1.807) is 0 Å². The van der Waals surface area contributed by atoms with Crippen LogP contribution in [0.25, 0.3) is 0 Å². The average Bonchev–Trinajstić information content (AvgIpc) is 2.20. The van der Waals surface area contributed by atoms with Crippen molar-refractivity contribution >= 4 is 5.82 Å². The Bertz CT molecular complexity index is 397. The molecule has 0 fully saturated rings. The normalized spacial score (nSPS) is 10.2. The molecule has 1 rings (SSSR count). The molecule has 1 aromatic heterocycles. The zero-order valence-electron chi connectivity index (χ0n) is 8.25. The van der Waals surface area contributed by atoms with Gasteiger partial charge in [0.25, 0.3) is 5.56 Å². The highest BCUT2D eigenvalue weighted by Crippen LogP contribution is 1.95. The van der Waals surface area contributed by atoms with E-state index < -0.39 is 11.2 Å². The largest absolute Gasteiger partial charge is 0.396 e. The molecule has 7 heteroatoms. The van der Waals surface area contributed by atoms with Gasteiger partial charge in [0.05, 0.1) is 0 Å². The molecule has 0 saturated carbocycles. The highest BCUT2D eigenvalue weighted by molar-refractivity contribution is 5.28. The van der Waals surface area contributed by atoms with E-state index in [1.807, 2.05) is 0 Å². The monoisotopic (exact) mass is 214 g/mol. The van der Waals surface area contributed by atoms with Crippen LogP contribution in [0, 0.1) is 0 Å². The molecule has 0 saturated heterocycles. The van der Waals surface area contributed by atoms with Gasteiger partial charge in [-0.15, -0.1) is 5.10 Å². The molecule has 0 unspecified atom stereocenters. The lowest BCUT2D eigenvalue weighted by molar-refractivity contribution is 0.283. The maximum atomic E-state index is 11.1. The summed E-state index contributed by atoms with van der Waals surface area (Å²) in [5.41, 5.74) is -1.15. The fourth-order valence-electron chi connectivity index (χ4n) is 1.09. The van der Waals surface area contributed by atoms with E-state index >= 15 is 0 Å². The summed E-state index contributed by atoms with van der Waals surface area (Å²) in [5.74, 6) is 0.110. The third-order valence-electron chi connectivity index (χ3n) is 1.84. The number of unbranched alkanes of at least 4 members (excludes halogenated alkanes) is 2. The number of aromatic nitrogens is 3. The van der Waals surface area contributed by atoms with Gasteiger partial charge >= 0.3 is 5.69 Å². The highest BCUT2D eigenvalue weighted by Gasteiger charge is 1.99. The van der Waals surface area contributed by atoms with E-state index in [0.29, 0.717) is 6.54 Å². The number of aliphatic hydroxyl groups is 1. The van der Waals surface area contributed by atoms with E-state index in [1.165, 1.54) is 0 Å². The van der Waals surface area contributed by atoms with Crippen molar-refractivity contribution in [2.45, 2.75) is 19.3 Å². The predicted molar refractivity (Wildman–Crippen MR) is 54.9 cm³/mol. The molecule has 0 aliphatic heterocycles. The summed E-state index contributed by atoms with van der Waals surface area (Å²) in [5, 5.41) is 17.0. The third kappa shape index (κ3) is 3.94. The van der Waals surface area contributed by atoms with Crippen molar-refractivity contribution in [1.29, 1.82) is 0 Å². The smallest absolute Gasteiger partial charge is 0.342 e. The quantitative estimate of drug-likeness (QED) is 0.455. The summed E-state index contributed by atoms with van der Waals surface area (Å²) < 4.78 is 0. The van der Waals surface area contributed by atoms with Crippen LogP contribution in [0.3, 0.4) is 0 Å². The number of aliphatic hydroxyl groups excluding tert-OH is 1. The van der Waals surface area contributed by atoms with Crippen LogP contribution in [0.1, 0.15) is 19.3 Å². The summed E-state index contributed by atoms with van der Waals surface area (Å²) >= 11 is 0. The molecule has 84 valence electrons. The van der Waals surface area contributed by atoms with Crippen LogP contribution in [0.5, 0.6) is 0 Å². The summed E-state index contributed by atoms with van der Waals surface area (Å²) in [6.07, 6.45) is 2.46. The second kappa shape index (κ2) is 5.97. The molecular formula is C8H14N4O3. The molecule has 0 atom stereocenters. The van der Waals surface area contributed by atoms with Crippen LogP contribution >= 0.6 is 0 Å². The maximum Gasteiger partial charge on any atom is 0.342 e. The van der Waals surface area contributed by atoms with Crippen molar-refractivity contribution in [1.82, 2.24) is 15.2 Å². The minimum Gasteiger partial charge on any atom is -0.396 e. The number of aromatic amines is 2. The molecule has 0 radical (unpaired) electrons. The topological polar surface area (TPSA) is 111 Å². The molecule has 15 heavy (non-hydrogen) atoms. The first-order valence-electron chi connectivity index (χ1n) is 4.78. The van der Waals surface area contributed by atoms with E-state index in [0.717, 1.165) is 19.3 Å². The van der Waals surface area contributed by atoms with Gasteiger partial charge in [0.1, 0.15) is 0 Å². The Morgan fingerprint density at radius 1 is 1.27 bits per heavy atom. The molecule has 0 aromatic carbocycles. The zero-order valence-corrected chi connectivity index (χ0v) is 8.25. The summed E-state index contributed by atoms with van der Waals surface area (Å²) in [7, 11) is 0. The summed E-state index contributed by atoms with van der Waals surface area (Å²) in [6, 6.07) is 0. The van der Waals surface area contributed by atoms with E-state index in [4.69, 9.17) is 5.11 Å². The Labute approximate surface area is 85.6 Å². The fourth-order valence-corrected chi connectivity index (χ4v) is 1.09. The van der Waals surface area contributed by atoms with Gasteiger partial charge in [0.15, 0.2) is 0 Å². The number of H-pyrrole nitrogens is 2.